The Morgan fingerprint density at radius 1 is 1.03 bits per heavy atom. The van der Waals surface area contributed by atoms with Gasteiger partial charge >= 0.3 is 0 Å². The summed E-state index contributed by atoms with van der Waals surface area (Å²) in [6.07, 6.45) is 1.50. The van der Waals surface area contributed by atoms with E-state index in [0.29, 0.717) is 34.0 Å². The molecule has 2 aromatic carbocycles. The molecule has 0 N–H and O–H groups in total. The molecule has 1 saturated heterocycles. The summed E-state index contributed by atoms with van der Waals surface area (Å²) in [6.45, 7) is 0. The van der Waals surface area contributed by atoms with Gasteiger partial charge in [0.15, 0.2) is 16.6 Å². The second-order valence-electron chi connectivity index (χ2n) is 6.71. The van der Waals surface area contributed by atoms with Crippen LogP contribution in [0.15, 0.2) is 62.4 Å². The van der Waals surface area contributed by atoms with E-state index in [-0.39, 0.29) is 22.3 Å². The van der Waals surface area contributed by atoms with E-state index in [1.165, 1.54) is 38.3 Å². The highest BCUT2D eigenvalue weighted by Gasteiger charge is 2.36. The summed E-state index contributed by atoms with van der Waals surface area (Å²) in [5.41, 5.74) is 1.12. The zero-order chi connectivity index (χ0) is 20.8. The Bertz CT molecular complexity index is 1330. The van der Waals surface area contributed by atoms with Gasteiger partial charge in [-0.15, -0.1) is 11.8 Å². The highest BCUT2D eigenvalue weighted by Crippen LogP contribution is 2.45. The number of fused-ring (bicyclic) bond motifs is 2. The lowest BCUT2D eigenvalue weighted by Crippen LogP contribution is -2.28. The first-order chi connectivity index (χ1) is 14.6. The second-order valence-corrected chi connectivity index (χ2v) is 7.78. The molecular weight excluding hydrogens is 406 g/mol. The molecule has 4 aromatic rings. The summed E-state index contributed by atoms with van der Waals surface area (Å²) in [7, 11) is 2.98. The molecule has 1 atom stereocenters. The van der Waals surface area contributed by atoms with Crippen molar-refractivity contribution in [3.63, 3.8) is 0 Å². The lowest BCUT2D eigenvalue weighted by molar-refractivity contribution is -0.115. The van der Waals surface area contributed by atoms with E-state index in [9.17, 15) is 9.59 Å². The molecule has 0 aliphatic carbocycles. The molecule has 0 bridgehead atoms. The number of amides is 1. The van der Waals surface area contributed by atoms with Gasteiger partial charge in [-0.2, -0.15) is 0 Å². The number of para-hydroxylation sites is 1. The van der Waals surface area contributed by atoms with Crippen LogP contribution in [0.2, 0.25) is 0 Å². The standard InChI is InChI=1S/C22H17NO6S/c1-26-18-13-8-9-28-19(13)21(27-2)20-17(18)14(24)10-15(29-20)22-23(16(25)11-30-22)12-6-4-3-5-7-12/h3-10,22H,11H2,1-2H3. The van der Waals surface area contributed by atoms with Crippen molar-refractivity contribution in [3.05, 3.63) is 64.7 Å². The third-order valence-electron chi connectivity index (χ3n) is 5.07. The summed E-state index contributed by atoms with van der Waals surface area (Å²) >= 11 is 1.40. The number of nitrogens with zero attached hydrogens (tertiary/aromatic N) is 1. The molecule has 152 valence electrons. The van der Waals surface area contributed by atoms with Crippen molar-refractivity contribution in [2.45, 2.75) is 5.37 Å². The maximum atomic E-state index is 13.2. The van der Waals surface area contributed by atoms with Gasteiger partial charge in [-0.1, -0.05) is 18.2 Å². The van der Waals surface area contributed by atoms with Crippen molar-refractivity contribution in [1.29, 1.82) is 0 Å². The Kier molecular flexibility index (Phi) is 4.43. The van der Waals surface area contributed by atoms with E-state index in [1.54, 1.807) is 11.0 Å². The average Bonchev–Trinajstić information content (AvgIpc) is 3.39. The minimum atomic E-state index is -0.472. The predicted octanol–water partition coefficient (Wildman–Crippen LogP) is 4.34. The molecule has 1 amide bonds. The van der Waals surface area contributed by atoms with Crippen LogP contribution in [0.25, 0.3) is 21.9 Å². The van der Waals surface area contributed by atoms with Crippen LogP contribution in [0.5, 0.6) is 11.5 Å². The second kappa shape index (κ2) is 7.14. The Morgan fingerprint density at radius 3 is 2.53 bits per heavy atom. The first kappa shape index (κ1) is 18.6. The average molecular weight is 423 g/mol. The minimum absolute atomic E-state index is 0.0509. The number of carbonyl (C=O) groups is 1. The van der Waals surface area contributed by atoms with Crippen molar-refractivity contribution < 1.29 is 23.1 Å². The van der Waals surface area contributed by atoms with Gasteiger partial charge < -0.3 is 18.3 Å². The van der Waals surface area contributed by atoms with Crippen LogP contribution < -0.4 is 19.8 Å². The van der Waals surface area contributed by atoms with Gasteiger partial charge in [-0.3, -0.25) is 14.5 Å². The number of carbonyl (C=O) groups excluding carboxylic acids is 1. The van der Waals surface area contributed by atoms with E-state index >= 15 is 0 Å². The zero-order valence-corrected chi connectivity index (χ0v) is 17.0. The molecule has 3 heterocycles. The van der Waals surface area contributed by atoms with E-state index in [2.05, 4.69) is 0 Å². The number of anilines is 1. The lowest BCUT2D eigenvalue weighted by atomic mass is 10.1. The Labute approximate surface area is 175 Å². The zero-order valence-electron chi connectivity index (χ0n) is 16.2. The fraction of sp³-hybridized carbons (Fsp3) is 0.182. The molecule has 2 aromatic heterocycles. The number of hydrogen-bond acceptors (Lipinski definition) is 7. The Balaban J connectivity index is 1.76. The molecule has 0 saturated carbocycles. The first-order valence-corrected chi connectivity index (χ1v) is 10.3. The van der Waals surface area contributed by atoms with Gasteiger partial charge in [0.25, 0.3) is 0 Å². The molecule has 8 heteroatoms. The van der Waals surface area contributed by atoms with Gasteiger partial charge in [0.2, 0.25) is 11.7 Å². The largest absolute Gasteiger partial charge is 0.495 e. The number of ether oxygens (including phenoxy) is 2. The molecule has 30 heavy (non-hydrogen) atoms. The summed E-state index contributed by atoms with van der Waals surface area (Å²) in [4.78, 5) is 27.4. The number of benzene rings is 2. The van der Waals surface area contributed by atoms with Crippen molar-refractivity contribution in [1.82, 2.24) is 0 Å². The number of thioether (sulfide) groups is 1. The minimum Gasteiger partial charge on any atom is -0.495 e. The predicted molar refractivity (Wildman–Crippen MR) is 114 cm³/mol. The highest BCUT2D eigenvalue weighted by atomic mass is 32.2. The normalized spacial score (nSPS) is 16.5. The van der Waals surface area contributed by atoms with E-state index < -0.39 is 5.37 Å². The molecule has 1 fully saturated rings. The van der Waals surface area contributed by atoms with Crippen LogP contribution in [0, 0.1) is 0 Å². The van der Waals surface area contributed by atoms with E-state index in [4.69, 9.17) is 18.3 Å². The maximum absolute atomic E-state index is 13.2. The Morgan fingerprint density at radius 2 is 1.80 bits per heavy atom. The molecular formula is C22H17NO6S. The maximum Gasteiger partial charge on any atom is 0.238 e. The molecule has 5 rings (SSSR count). The van der Waals surface area contributed by atoms with Crippen LogP contribution in [-0.2, 0) is 4.79 Å². The number of rotatable bonds is 4. The first-order valence-electron chi connectivity index (χ1n) is 9.21. The van der Waals surface area contributed by atoms with Crippen LogP contribution in [-0.4, -0.2) is 25.9 Å². The summed E-state index contributed by atoms with van der Waals surface area (Å²) < 4.78 is 22.8. The van der Waals surface area contributed by atoms with E-state index in [1.807, 2.05) is 30.3 Å². The van der Waals surface area contributed by atoms with Crippen molar-refractivity contribution >= 4 is 45.3 Å². The third-order valence-corrected chi connectivity index (χ3v) is 6.24. The number of methoxy groups -OCH3 is 2. The van der Waals surface area contributed by atoms with Gasteiger partial charge in [0.1, 0.15) is 22.3 Å². The molecule has 0 spiro atoms. The monoisotopic (exact) mass is 423 g/mol. The number of furan rings is 1. The van der Waals surface area contributed by atoms with Crippen LogP contribution >= 0.6 is 11.8 Å². The third kappa shape index (κ3) is 2.68. The highest BCUT2D eigenvalue weighted by molar-refractivity contribution is 8.00. The molecule has 1 unspecified atom stereocenters. The van der Waals surface area contributed by atoms with Crippen molar-refractivity contribution in [2.75, 3.05) is 24.9 Å². The van der Waals surface area contributed by atoms with E-state index in [0.717, 1.165) is 5.69 Å². The summed E-state index contributed by atoms with van der Waals surface area (Å²) in [5.74, 6) is 1.28. The SMILES string of the molecule is COc1c2occc2c(OC)c2c(=O)cc(C3SCC(=O)N3c3ccccc3)oc12. The molecule has 7 nitrogen and oxygen atoms in total. The van der Waals surface area contributed by atoms with Crippen LogP contribution in [0.3, 0.4) is 0 Å². The lowest BCUT2D eigenvalue weighted by Gasteiger charge is -2.23. The smallest absolute Gasteiger partial charge is 0.238 e. The quantitative estimate of drug-likeness (QED) is 0.483. The summed E-state index contributed by atoms with van der Waals surface area (Å²) in [5, 5.41) is 0.422. The fourth-order valence-corrected chi connectivity index (χ4v) is 4.92. The van der Waals surface area contributed by atoms with Gasteiger partial charge in [0, 0.05) is 11.8 Å². The molecule has 0 radical (unpaired) electrons. The van der Waals surface area contributed by atoms with Crippen molar-refractivity contribution in [3.8, 4) is 11.5 Å². The fourth-order valence-electron chi connectivity index (χ4n) is 3.81. The van der Waals surface area contributed by atoms with Gasteiger partial charge in [-0.25, -0.2) is 0 Å². The topological polar surface area (TPSA) is 82.1 Å². The molecule has 1 aliphatic rings. The van der Waals surface area contributed by atoms with Gasteiger partial charge in [-0.05, 0) is 18.2 Å². The molecule has 1 aliphatic heterocycles. The Hall–Kier alpha value is -3.39. The van der Waals surface area contributed by atoms with Crippen LogP contribution in [0.4, 0.5) is 5.69 Å². The van der Waals surface area contributed by atoms with Crippen molar-refractivity contribution in [2.24, 2.45) is 0 Å². The van der Waals surface area contributed by atoms with Gasteiger partial charge in [0.05, 0.1) is 31.6 Å². The summed E-state index contributed by atoms with van der Waals surface area (Å²) in [6, 6.07) is 12.4. The van der Waals surface area contributed by atoms with Crippen LogP contribution in [0.1, 0.15) is 11.1 Å². The number of hydrogen-bond donors (Lipinski definition) is 0.